The maximum atomic E-state index is 11.1. The van der Waals surface area contributed by atoms with E-state index in [1.54, 1.807) is 11.8 Å². The lowest BCUT2D eigenvalue weighted by atomic mass is 10.1. The van der Waals surface area contributed by atoms with Gasteiger partial charge in [-0.05, 0) is 12.5 Å². The summed E-state index contributed by atoms with van der Waals surface area (Å²) in [4.78, 5) is 27.3. The summed E-state index contributed by atoms with van der Waals surface area (Å²) in [5.74, 6) is -0.768. The molecule has 1 atom stereocenters. The fourth-order valence-electron chi connectivity index (χ4n) is 2.21. The van der Waals surface area contributed by atoms with Gasteiger partial charge in [-0.2, -0.15) is 0 Å². The molecule has 1 N–H and O–H groups in total. The molecule has 0 amide bonds. The van der Waals surface area contributed by atoms with Gasteiger partial charge in [0.2, 0.25) is 5.82 Å². The highest BCUT2D eigenvalue weighted by molar-refractivity contribution is 5.69. The Morgan fingerprint density at radius 3 is 3.10 bits per heavy atom. The van der Waals surface area contributed by atoms with Crippen LogP contribution in [0.4, 0.5) is 11.5 Å². The number of anilines is 1. The molecule has 1 unspecified atom stereocenters. The molecular formula is C12H15N3O5. The van der Waals surface area contributed by atoms with E-state index in [4.69, 9.17) is 9.84 Å². The molecule has 108 valence electrons. The van der Waals surface area contributed by atoms with Crippen LogP contribution in [0, 0.1) is 17.0 Å². The first-order chi connectivity index (χ1) is 9.49. The average molecular weight is 281 g/mol. The largest absolute Gasteiger partial charge is 0.481 e. The first-order valence-electron chi connectivity index (χ1n) is 6.16. The number of rotatable bonds is 4. The number of ether oxygens (including phenoxy) is 1. The molecule has 8 heteroatoms. The van der Waals surface area contributed by atoms with Crippen molar-refractivity contribution in [3.63, 3.8) is 0 Å². The second kappa shape index (κ2) is 5.83. The molecule has 0 radical (unpaired) electrons. The molecule has 2 rings (SSSR count). The van der Waals surface area contributed by atoms with Crippen molar-refractivity contribution in [1.29, 1.82) is 0 Å². The van der Waals surface area contributed by atoms with Crippen LogP contribution in [-0.4, -0.2) is 46.8 Å². The summed E-state index contributed by atoms with van der Waals surface area (Å²) in [6, 6.07) is 0.991. The molecule has 0 bridgehead atoms. The highest BCUT2D eigenvalue weighted by atomic mass is 16.6. The third-order valence-electron chi connectivity index (χ3n) is 3.09. The molecule has 1 aromatic heterocycles. The minimum Gasteiger partial charge on any atom is -0.481 e. The predicted molar refractivity (Wildman–Crippen MR) is 69.8 cm³/mol. The number of nitrogens with zero attached hydrogens (tertiary/aromatic N) is 3. The fraction of sp³-hybridized carbons (Fsp3) is 0.500. The number of carbonyl (C=O) groups is 1. The smallest absolute Gasteiger partial charge is 0.311 e. The van der Waals surface area contributed by atoms with Gasteiger partial charge in [-0.3, -0.25) is 14.9 Å². The SMILES string of the molecule is Cc1cnc(N2CCOCC2CC(=O)O)c([N+](=O)[O-])c1. The van der Waals surface area contributed by atoms with Crippen molar-refractivity contribution in [2.45, 2.75) is 19.4 Å². The number of hydrogen-bond donors (Lipinski definition) is 1. The van der Waals surface area contributed by atoms with Crippen LogP contribution < -0.4 is 4.90 Å². The molecule has 8 nitrogen and oxygen atoms in total. The third kappa shape index (κ3) is 3.02. The molecule has 2 heterocycles. The summed E-state index contributed by atoms with van der Waals surface area (Å²) in [5.41, 5.74) is 0.575. The molecule has 1 saturated heterocycles. The highest BCUT2D eigenvalue weighted by Crippen LogP contribution is 2.29. The van der Waals surface area contributed by atoms with Crippen LogP contribution in [0.2, 0.25) is 0 Å². The Kier molecular flexibility index (Phi) is 4.14. The van der Waals surface area contributed by atoms with E-state index in [0.717, 1.165) is 0 Å². The van der Waals surface area contributed by atoms with E-state index < -0.39 is 16.9 Å². The first kappa shape index (κ1) is 14.2. The van der Waals surface area contributed by atoms with E-state index in [2.05, 4.69) is 4.98 Å². The zero-order chi connectivity index (χ0) is 14.7. The van der Waals surface area contributed by atoms with E-state index in [-0.39, 0.29) is 24.5 Å². The number of morpholine rings is 1. The normalized spacial score (nSPS) is 18.9. The average Bonchev–Trinajstić information content (AvgIpc) is 2.39. The number of nitro groups is 1. The Labute approximate surface area is 115 Å². The Morgan fingerprint density at radius 1 is 1.70 bits per heavy atom. The Morgan fingerprint density at radius 2 is 2.45 bits per heavy atom. The standard InChI is InChI=1S/C12H15N3O5/c1-8-4-10(15(18)19)12(13-6-8)14-2-3-20-7-9(14)5-11(16)17/h4,6,9H,2-3,5,7H2,1H3,(H,16,17). The second-order valence-electron chi connectivity index (χ2n) is 4.63. The van der Waals surface area contributed by atoms with Crippen molar-refractivity contribution in [1.82, 2.24) is 4.98 Å². The Balaban J connectivity index is 2.36. The molecule has 1 aliphatic heterocycles. The molecular weight excluding hydrogens is 266 g/mol. The number of carboxylic acid groups (broad SMARTS) is 1. The maximum absolute atomic E-state index is 11.1. The first-order valence-corrected chi connectivity index (χ1v) is 6.16. The monoisotopic (exact) mass is 281 g/mol. The van der Waals surface area contributed by atoms with Gasteiger partial charge in [-0.1, -0.05) is 0 Å². The van der Waals surface area contributed by atoms with E-state index >= 15 is 0 Å². The minimum absolute atomic E-state index is 0.109. The van der Waals surface area contributed by atoms with Crippen LogP contribution in [-0.2, 0) is 9.53 Å². The molecule has 0 spiro atoms. The summed E-state index contributed by atoms with van der Waals surface area (Å²) in [5, 5.41) is 20.1. The Bertz CT molecular complexity index is 534. The second-order valence-corrected chi connectivity index (χ2v) is 4.63. The lowest BCUT2D eigenvalue weighted by Gasteiger charge is -2.35. The van der Waals surface area contributed by atoms with E-state index in [1.165, 1.54) is 12.3 Å². The van der Waals surface area contributed by atoms with Crippen molar-refractivity contribution < 1.29 is 19.6 Å². The summed E-state index contributed by atoms with van der Waals surface area (Å²) in [6.07, 6.45) is 1.39. The van der Waals surface area contributed by atoms with Crippen LogP contribution >= 0.6 is 0 Å². The van der Waals surface area contributed by atoms with Gasteiger partial charge in [0.25, 0.3) is 0 Å². The number of pyridine rings is 1. The van der Waals surface area contributed by atoms with Gasteiger partial charge in [-0.15, -0.1) is 0 Å². The van der Waals surface area contributed by atoms with Crippen LogP contribution in [0.1, 0.15) is 12.0 Å². The van der Waals surface area contributed by atoms with E-state index in [0.29, 0.717) is 18.7 Å². The maximum Gasteiger partial charge on any atom is 0.311 e. The minimum atomic E-state index is -0.972. The van der Waals surface area contributed by atoms with Crippen LogP contribution in [0.5, 0.6) is 0 Å². The molecule has 20 heavy (non-hydrogen) atoms. The fourth-order valence-corrected chi connectivity index (χ4v) is 2.21. The van der Waals surface area contributed by atoms with Crippen molar-refractivity contribution >= 4 is 17.5 Å². The molecule has 0 aliphatic carbocycles. The predicted octanol–water partition coefficient (Wildman–Crippen LogP) is 0.978. The van der Waals surface area contributed by atoms with Crippen molar-refractivity contribution in [2.24, 2.45) is 0 Å². The van der Waals surface area contributed by atoms with Crippen LogP contribution in [0.25, 0.3) is 0 Å². The molecule has 1 aromatic rings. The number of hydrogen-bond acceptors (Lipinski definition) is 6. The van der Waals surface area contributed by atoms with Crippen molar-refractivity contribution in [2.75, 3.05) is 24.7 Å². The third-order valence-corrected chi connectivity index (χ3v) is 3.09. The van der Waals surface area contributed by atoms with Gasteiger partial charge in [0.15, 0.2) is 0 Å². The van der Waals surface area contributed by atoms with Crippen LogP contribution in [0.15, 0.2) is 12.3 Å². The summed E-state index contributed by atoms with van der Waals surface area (Å²) in [7, 11) is 0. The van der Waals surface area contributed by atoms with Gasteiger partial charge >= 0.3 is 11.7 Å². The number of carboxylic acids is 1. The highest BCUT2D eigenvalue weighted by Gasteiger charge is 2.31. The van der Waals surface area contributed by atoms with Crippen LogP contribution in [0.3, 0.4) is 0 Å². The quantitative estimate of drug-likeness (QED) is 0.647. The van der Waals surface area contributed by atoms with E-state index in [9.17, 15) is 14.9 Å². The summed E-state index contributed by atoms with van der Waals surface area (Å²) >= 11 is 0. The Hall–Kier alpha value is -2.22. The van der Waals surface area contributed by atoms with Crippen molar-refractivity contribution in [3.05, 3.63) is 27.9 Å². The topological polar surface area (TPSA) is 106 Å². The summed E-state index contributed by atoms with van der Waals surface area (Å²) in [6.45, 7) is 2.72. The molecule has 1 fully saturated rings. The van der Waals surface area contributed by atoms with Gasteiger partial charge in [0, 0.05) is 18.8 Å². The number of aliphatic carboxylic acids is 1. The van der Waals surface area contributed by atoms with Gasteiger partial charge in [0.05, 0.1) is 30.6 Å². The van der Waals surface area contributed by atoms with Crippen molar-refractivity contribution in [3.8, 4) is 0 Å². The number of aryl methyl sites for hydroxylation is 1. The number of aromatic nitrogens is 1. The van der Waals surface area contributed by atoms with Gasteiger partial charge in [0.1, 0.15) is 0 Å². The molecule has 0 aromatic carbocycles. The van der Waals surface area contributed by atoms with Gasteiger partial charge in [-0.25, -0.2) is 4.98 Å². The molecule has 0 saturated carbocycles. The zero-order valence-electron chi connectivity index (χ0n) is 11.0. The summed E-state index contributed by atoms with van der Waals surface area (Å²) < 4.78 is 5.26. The zero-order valence-corrected chi connectivity index (χ0v) is 11.0. The van der Waals surface area contributed by atoms with Gasteiger partial charge < -0.3 is 14.7 Å². The lowest BCUT2D eigenvalue weighted by molar-refractivity contribution is -0.384. The van der Waals surface area contributed by atoms with E-state index in [1.807, 2.05) is 0 Å². The lowest BCUT2D eigenvalue weighted by Crippen LogP contribution is -2.47. The molecule has 1 aliphatic rings.